The zero-order valence-electron chi connectivity index (χ0n) is 15.6. The van der Waals surface area contributed by atoms with Crippen LogP contribution < -0.4 is 10.1 Å². The molecule has 0 aliphatic heterocycles. The van der Waals surface area contributed by atoms with E-state index in [2.05, 4.69) is 5.32 Å². The molecule has 0 unspecified atom stereocenters. The molecule has 0 saturated carbocycles. The third kappa shape index (κ3) is 5.01. The minimum absolute atomic E-state index is 0.120. The number of hydrogen-bond acceptors (Lipinski definition) is 6. The number of anilines is 1. The van der Waals surface area contributed by atoms with E-state index in [1.807, 2.05) is 0 Å². The number of non-ortho nitro benzene ring substituents is 1. The van der Waals surface area contributed by atoms with Crippen LogP contribution in [0.2, 0.25) is 0 Å². The average Bonchev–Trinajstić information content (AvgIpc) is 2.75. The van der Waals surface area contributed by atoms with Crippen molar-refractivity contribution < 1.29 is 34.3 Å². The summed E-state index contributed by atoms with van der Waals surface area (Å²) in [4.78, 5) is 44.9. The predicted octanol–water partition coefficient (Wildman–Crippen LogP) is 4.04. The van der Waals surface area contributed by atoms with Gasteiger partial charge in [-0.2, -0.15) is 0 Å². The number of carbonyl (C=O) groups is 3. The van der Waals surface area contributed by atoms with Crippen LogP contribution in [0.15, 0.2) is 66.7 Å². The summed E-state index contributed by atoms with van der Waals surface area (Å²) in [6.45, 7) is 0. The summed E-state index contributed by atoms with van der Waals surface area (Å²) in [5.41, 5.74) is -0.457. The number of carboxylic acid groups (broad SMARTS) is 2. The van der Waals surface area contributed by atoms with Crippen LogP contribution in [0.25, 0.3) is 0 Å². The van der Waals surface area contributed by atoms with Crippen molar-refractivity contribution >= 4 is 29.2 Å². The van der Waals surface area contributed by atoms with Gasteiger partial charge in [-0.15, -0.1) is 0 Å². The van der Waals surface area contributed by atoms with Gasteiger partial charge in [-0.05, 0) is 48.5 Å². The fourth-order valence-corrected chi connectivity index (χ4v) is 2.66. The van der Waals surface area contributed by atoms with E-state index in [0.29, 0.717) is 11.4 Å². The van der Waals surface area contributed by atoms with Crippen molar-refractivity contribution in [2.24, 2.45) is 0 Å². The number of amides is 1. The van der Waals surface area contributed by atoms with Crippen molar-refractivity contribution in [3.63, 3.8) is 0 Å². The van der Waals surface area contributed by atoms with Gasteiger partial charge < -0.3 is 20.3 Å². The van der Waals surface area contributed by atoms with Crippen LogP contribution in [0.4, 0.5) is 11.4 Å². The van der Waals surface area contributed by atoms with E-state index in [1.165, 1.54) is 48.5 Å². The number of nitrogens with one attached hydrogen (secondary N) is 1. The van der Waals surface area contributed by atoms with Crippen molar-refractivity contribution in [3.8, 4) is 11.5 Å². The Balaban J connectivity index is 1.72. The molecular formula is C21H14N2O8. The molecule has 0 heterocycles. The van der Waals surface area contributed by atoms with Gasteiger partial charge in [-0.1, -0.05) is 6.07 Å². The third-order valence-electron chi connectivity index (χ3n) is 4.12. The van der Waals surface area contributed by atoms with Gasteiger partial charge in [-0.3, -0.25) is 14.9 Å². The maximum atomic E-state index is 12.3. The first kappa shape index (κ1) is 21.0. The zero-order chi connectivity index (χ0) is 22.5. The first-order chi connectivity index (χ1) is 14.7. The van der Waals surface area contributed by atoms with Gasteiger partial charge >= 0.3 is 11.9 Å². The van der Waals surface area contributed by atoms with Crippen LogP contribution in [0, 0.1) is 10.1 Å². The molecule has 3 aromatic carbocycles. The Kier molecular flexibility index (Phi) is 5.92. The second-order valence-electron chi connectivity index (χ2n) is 6.21. The largest absolute Gasteiger partial charge is 0.478 e. The van der Waals surface area contributed by atoms with Crippen molar-refractivity contribution in [1.29, 1.82) is 0 Å². The van der Waals surface area contributed by atoms with Gasteiger partial charge in [0.2, 0.25) is 0 Å². The van der Waals surface area contributed by atoms with Crippen LogP contribution in [0.5, 0.6) is 11.5 Å². The van der Waals surface area contributed by atoms with E-state index < -0.39 is 28.3 Å². The molecule has 0 fully saturated rings. The van der Waals surface area contributed by atoms with Gasteiger partial charge in [0.05, 0.1) is 16.1 Å². The molecular weight excluding hydrogens is 408 g/mol. The summed E-state index contributed by atoms with van der Waals surface area (Å²) in [6, 6.07) is 14.9. The molecule has 0 aliphatic carbocycles. The number of carboxylic acids is 2. The molecule has 0 saturated heterocycles. The lowest BCUT2D eigenvalue weighted by Crippen LogP contribution is -2.12. The van der Waals surface area contributed by atoms with Gasteiger partial charge in [0.15, 0.2) is 0 Å². The number of ether oxygens (including phenoxy) is 1. The number of hydrogen-bond donors (Lipinski definition) is 3. The highest BCUT2D eigenvalue weighted by atomic mass is 16.6. The van der Waals surface area contributed by atoms with E-state index in [4.69, 9.17) is 9.84 Å². The second-order valence-corrected chi connectivity index (χ2v) is 6.21. The summed E-state index contributed by atoms with van der Waals surface area (Å²) >= 11 is 0. The fraction of sp³-hybridized carbons (Fsp3) is 0. The van der Waals surface area contributed by atoms with Crippen LogP contribution in [0.3, 0.4) is 0 Å². The summed E-state index contributed by atoms with van der Waals surface area (Å²) in [6.07, 6.45) is 0. The molecule has 1 amide bonds. The maximum Gasteiger partial charge on any atom is 0.336 e. The fourth-order valence-electron chi connectivity index (χ4n) is 2.66. The smallest absolute Gasteiger partial charge is 0.336 e. The molecule has 3 N–H and O–H groups in total. The Hall–Kier alpha value is -4.73. The first-order valence-electron chi connectivity index (χ1n) is 8.69. The molecule has 10 heteroatoms. The normalized spacial score (nSPS) is 10.2. The minimum Gasteiger partial charge on any atom is -0.478 e. The summed E-state index contributed by atoms with van der Waals surface area (Å²) < 4.78 is 5.55. The maximum absolute atomic E-state index is 12.3. The summed E-state index contributed by atoms with van der Waals surface area (Å²) in [5, 5.41) is 31.7. The Labute approximate surface area is 174 Å². The monoisotopic (exact) mass is 422 g/mol. The molecule has 3 rings (SSSR count). The third-order valence-corrected chi connectivity index (χ3v) is 4.12. The number of nitrogens with zero attached hydrogens (tertiary/aromatic N) is 1. The number of rotatable bonds is 7. The lowest BCUT2D eigenvalue weighted by molar-refractivity contribution is -0.384. The molecule has 31 heavy (non-hydrogen) atoms. The molecule has 0 aromatic heterocycles. The highest BCUT2D eigenvalue weighted by Gasteiger charge is 2.17. The van der Waals surface area contributed by atoms with Gasteiger partial charge in [0.25, 0.3) is 11.6 Å². The number of carbonyl (C=O) groups excluding carboxylic acids is 1. The minimum atomic E-state index is -1.40. The highest BCUT2D eigenvalue weighted by Crippen LogP contribution is 2.26. The van der Waals surface area contributed by atoms with Crippen molar-refractivity contribution in [3.05, 3.63) is 93.5 Å². The van der Waals surface area contributed by atoms with Crippen LogP contribution >= 0.6 is 0 Å². The number of aromatic carboxylic acids is 2. The molecule has 10 nitrogen and oxygen atoms in total. The average molecular weight is 422 g/mol. The zero-order valence-corrected chi connectivity index (χ0v) is 15.6. The molecule has 0 spiro atoms. The van der Waals surface area contributed by atoms with E-state index in [-0.39, 0.29) is 22.6 Å². The van der Waals surface area contributed by atoms with Crippen LogP contribution in [0.1, 0.15) is 31.1 Å². The van der Waals surface area contributed by atoms with Crippen molar-refractivity contribution in [2.75, 3.05) is 5.32 Å². The first-order valence-corrected chi connectivity index (χ1v) is 8.69. The van der Waals surface area contributed by atoms with Crippen LogP contribution in [-0.2, 0) is 0 Å². The number of benzene rings is 3. The standard InChI is InChI=1S/C21H14N2O8/c24-19(12-2-1-3-14(10-12)23(29)30)22-13-4-6-15(7-5-13)31-16-8-9-17(20(25)26)18(11-16)21(27)28/h1-11H,(H,22,24)(H,25,26)(H,27,28). The van der Waals surface area contributed by atoms with Gasteiger partial charge in [0.1, 0.15) is 11.5 Å². The molecule has 0 radical (unpaired) electrons. The van der Waals surface area contributed by atoms with Gasteiger partial charge in [0, 0.05) is 23.4 Å². The second kappa shape index (κ2) is 8.74. The predicted molar refractivity (Wildman–Crippen MR) is 108 cm³/mol. The van der Waals surface area contributed by atoms with Crippen LogP contribution in [-0.4, -0.2) is 33.0 Å². The molecule has 0 aliphatic rings. The Morgan fingerprint density at radius 2 is 1.48 bits per heavy atom. The Bertz CT molecular complexity index is 1190. The molecule has 156 valence electrons. The summed E-state index contributed by atoms with van der Waals surface area (Å²) in [7, 11) is 0. The van der Waals surface area contributed by atoms with Crippen molar-refractivity contribution in [2.45, 2.75) is 0 Å². The summed E-state index contributed by atoms with van der Waals surface area (Å²) in [5.74, 6) is -2.87. The lowest BCUT2D eigenvalue weighted by Gasteiger charge is -2.10. The lowest BCUT2D eigenvalue weighted by atomic mass is 10.1. The van der Waals surface area contributed by atoms with E-state index in [9.17, 15) is 29.6 Å². The Morgan fingerprint density at radius 1 is 0.839 bits per heavy atom. The van der Waals surface area contributed by atoms with Gasteiger partial charge in [-0.25, -0.2) is 9.59 Å². The van der Waals surface area contributed by atoms with E-state index >= 15 is 0 Å². The van der Waals surface area contributed by atoms with Crippen molar-refractivity contribution in [1.82, 2.24) is 0 Å². The highest BCUT2D eigenvalue weighted by molar-refractivity contribution is 6.04. The SMILES string of the molecule is O=C(Nc1ccc(Oc2ccc(C(=O)O)c(C(=O)O)c2)cc1)c1cccc([N+](=O)[O-])c1. The topological polar surface area (TPSA) is 156 Å². The molecule has 3 aromatic rings. The number of nitro groups is 1. The molecule has 0 bridgehead atoms. The van der Waals surface area contributed by atoms with E-state index in [0.717, 1.165) is 18.2 Å². The van der Waals surface area contributed by atoms with E-state index in [1.54, 1.807) is 0 Å². The Morgan fingerprint density at radius 3 is 2.10 bits per heavy atom. The number of nitro benzene ring substituents is 1. The quantitative estimate of drug-likeness (QED) is 0.380. The molecule has 0 atom stereocenters.